The first-order chi connectivity index (χ1) is 13.8. The van der Waals surface area contributed by atoms with Gasteiger partial charge in [-0.05, 0) is 44.5 Å². The molecule has 1 heterocycles. The molecular formula is C22H26N2O5. The highest BCUT2D eigenvalue weighted by molar-refractivity contribution is 6.07. The Balaban J connectivity index is 2.40. The second-order valence-electron chi connectivity index (χ2n) is 6.63. The molecule has 0 spiro atoms. The zero-order valence-corrected chi connectivity index (χ0v) is 17.4. The second kappa shape index (κ2) is 9.23. The van der Waals surface area contributed by atoms with Crippen molar-refractivity contribution in [2.24, 2.45) is 0 Å². The highest BCUT2D eigenvalue weighted by Crippen LogP contribution is 2.23. The maximum absolute atomic E-state index is 13.3. The molecule has 0 bridgehead atoms. The third kappa shape index (κ3) is 4.39. The Bertz CT molecular complexity index is 945. The predicted octanol–water partition coefficient (Wildman–Crippen LogP) is 3.33. The summed E-state index contributed by atoms with van der Waals surface area (Å²) in [7, 11) is 2.80. The van der Waals surface area contributed by atoms with Crippen LogP contribution in [0, 0.1) is 13.8 Å². The van der Waals surface area contributed by atoms with E-state index in [1.807, 2.05) is 0 Å². The molecule has 2 rings (SSSR count). The molecule has 7 heteroatoms. The molecule has 1 amide bonds. The van der Waals surface area contributed by atoms with Gasteiger partial charge >= 0.3 is 5.97 Å². The number of aryl methyl sites for hydroxylation is 1. The van der Waals surface area contributed by atoms with E-state index in [1.165, 1.54) is 19.1 Å². The van der Waals surface area contributed by atoms with Crippen molar-refractivity contribution in [2.45, 2.75) is 26.8 Å². The number of nitrogens with one attached hydrogen (secondary N) is 1. The monoisotopic (exact) mass is 398 g/mol. The number of carbonyl (C=O) groups is 3. The maximum atomic E-state index is 13.3. The van der Waals surface area contributed by atoms with Crippen molar-refractivity contribution in [3.8, 4) is 5.75 Å². The number of amides is 1. The average molecular weight is 398 g/mol. The third-order valence-electron chi connectivity index (χ3n) is 4.82. The van der Waals surface area contributed by atoms with Gasteiger partial charge in [0.15, 0.2) is 5.78 Å². The summed E-state index contributed by atoms with van der Waals surface area (Å²) >= 11 is 0. The Morgan fingerprint density at radius 3 is 2.52 bits per heavy atom. The van der Waals surface area contributed by atoms with E-state index >= 15 is 0 Å². The number of hydrogen-bond acceptors (Lipinski definition) is 5. The Labute approximate surface area is 170 Å². The van der Waals surface area contributed by atoms with Crippen molar-refractivity contribution in [1.29, 1.82) is 0 Å². The molecular weight excluding hydrogens is 372 g/mol. The number of rotatable bonds is 8. The van der Waals surface area contributed by atoms with Gasteiger partial charge in [-0.2, -0.15) is 0 Å². The molecule has 0 fully saturated rings. The molecule has 154 valence electrons. The van der Waals surface area contributed by atoms with Gasteiger partial charge in [0.05, 0.1) is 20.3 Å². The second-order valence-corrected chi connectivity index (χ2v) is 6.63. The summed E-state index contributed by atoms with van der Waals surface area (Å²) in [5, 5.41) is 0. The Hall–Kier alpha value is -3.35. The van der Waals surface area contributed by atoms with Gasteiger partial charge in [-0.3, -0.25) is 9.59 Å². The fraction of sp³-hybridized carbons (Fsp3) is 0.318. The molecule has 1 aromatic heterocycles. The summed E-state index contributed by atoms with van der Waals surface area (Å²) in [6.07, 6.45) is 1.57. The molecule has 0 saturated carbocycles. The number of methoxy groups -OCH3 is 2. The van der Waals surface area contributed by atoms with E-state index in [1.54, 1.807) is 51.1 Å². The standard InChI is InChI=1S/C22H26N2O5/c1-7-11-24(21(26)16-9-8-10-17(12-16)28-5)15(4)20(25)18-13(2)19(22(27)29-6)23-14(18)3/h7-10,12,15,23H,1,11H2,2-6H3/t15-/m0/s1. The van der Waals surface area contributed by atoms with Gasteiger partial charge in [-0.25, -0.2) is 4.79 Å². The van der Waals surface area contributed by atoms with Crippen LogP contribution in [0.3, 0.4) is 0 Å². The largest absolute Gasteiger partial charge is 0.497 e. The zero-order valence-electron chi connectivity index (χ0n) is 17.4. The first-order valence-electron chi connectivity index (χ1n) is 9.14. The highest BCUT2D eigenvalue weighted by atomic mass is 16.5. The minimum Gasteiger partial charge on any atom is -0.497 e. The quantitative estimate of drug-likeness (QED) is 0.419. The predicted molar refractivity (Wildman–Crippen MR) is 110 cm³/mol. The smallest absolute Gasteiger partial charge is 0.354 e. The number of ketones is 1. The van der Waals surface area contributed by atoms with Gasteiger partial charge in [0.25, 0.3) is 5.91 Å². The number of Topliss-reactive ketones (excluding diaryl/α,β-unsaturated/α-hetero) is 1. The van der Waals surface area contributed by atoms with Gasteiger partial charge in [-0.15, -0.1) is 6.58 Å². The molecule has 0 aliphatic rings. The van der Waals surface area contributed by atoms with Crippen LogP contribution in [0.2, 0.25) is 0 Å². The molecule has 0 radical (unpaired) electrons. The van der Waals surface area contributed by atoms with Gasteiger partial charge < -0.3 is 19.4 Å². The number of H-pyrrole nitrogens is 1. The summed E-state index contributed by atoms with van der Waals surface area (Å²) in [4.78, 5) is 42.6. The maximum Gasteiger partial charge on any atom is 0.354 e. The van der Waals surface area contributed by atoms with Crippen molar-refractivity contribution >= 4 is 17.7 Å². The van der Waals surface area contributed by atoms with Crippen LogP contribution in [0.4, 0.5) is 0 Å². The Kier molecular flexibility index (Phi) is 6.98. The van der Waals surface area contributed by atoms with Gasteiger partial charge in [0, 0.05) is 23.4 Å². The number of ether oxygens (including phenoxy) is 2. The van der Waals surface area contributed by atoms with E-state index in [4.69, 9.17) is 9.47 Å². The minimum atomic E-state index is -0.773. The minimum absolute atomic E-state index is 0.190. The number of benzene rings is 1. The van der Waals surface area contributed by atoms with Crippen LogP contribution in [0.5, 0.6) is 5.75 Å². The summed E-state index contributed by atoms with van der Waals surface area (Å²) in [6, 6.07) is 5.97. The van der Waals surface area contributed by atoms with E-state index in [9.17, 15) is 14.4 Å². The topological polar surface area (TPSA) is 88.7 Å². The molecule has 0 saturated heterocycles. The van der Waals surface area contributed by atoms with Crippen LogP contribution in [-0.2, 0) is 4.74 Å². The van der Waals surface area contributed by atoms with Crippen LogP contribution in [-0.4, -0.2) is 54.3 Å². The third-order valence-corrected chi connectivity index (χ3v) is 4.82. The molecule has 0 unspecified atom stereocenters. The highest BCUT2D eigenvalue weighted by Gasteiger charge is 2.31. The molecule has 0 aliphatic carbocycles. The molecule has 0 aliphatic heterocycles. The van der Waals surface area contributed by atoms with Crippen LogP contribution >= 0.6 is 0 Å². The number of hydrogen-bond donors (Lipinski definition) is 1. The van der Waals surface area contributed by atoms with Crippen LogP contribution in [0.1, 0.15) is 49.4 Å². The zero-order chi connectivity index (χ0) is 21.7. The summed E-state index contributed by atoms with van der Waals surface area (Å²) in [5.74, 6) is -0.589. The molecule has 1 aromatic carbocycles. The van der Waals surface area contributed by atoms with Crippen LogP contribution in [0.15, 0.2) is 36.9 Å². The SMILES string of the molecule is C=CCN(C(=O)c1cccc(OC)c1)[C@@H](C)C(=O)c1c(C)[nH]c(C(=O)OC)c1C. The molecule has 2 aromatic rings. The van der Waals surface area contributed by atoms with Crippen molar-refractivity contribution in [2.75, 3.05) is 20.8 Å². The van der Waals surface area contributed by atoms with Crippen molar-refractivity contribution in [3.05, 3.63) is 65.0 Å². The number of aromatic amines is 1. The van der Waals surface area contributed by atoms with Crippen molar-refractivity contribution in [3.63, 3.8) is 0 Å². The fourth-order valence-corrected chi connectivity index (χ4v) is 3.25. The van der Waals surface area contributed by atoms with Gasteiger partial charge in [-0.1, -0.05) is 12.1 Å². The van der Waals surface area contributed by atoms with Crippen LogP contribution < -0.4 is 4.74 Å². The van der Waals surface area contributed by atoms with E-state index in [-0.39, 0.29) is 23.9 Å². The number of nitrogens with zero attached hydrogens (tertiary/aromatic N) is 1. The lowest BCUT2D eigenvalue weighted by Gasteiger charge is -2.27. The van der Waals surface area contributed by atoms with E-state index in [0.717, 1.165) is 0 Å². The molecule has 7 nitrogen and oxygen atoms in total. The molecule has 1 N–H and O–H groups in total. The lowest BCUT2D eigenvalue weighted by molar-refractivity contribution is 0.0593. The van der Waals surface area contributed by atoms with Crippen molar-refractivity contribution < 1.29 is 23.9 Å². The van der Waals surface area contributed by atoms with E-state index in [0.29, 0.717) is 28.1 Å². The van der Waals surface area contributed by atoms with Crippen molar-refractivity contribution in [1.82, 2.24) is 9.88 Å². The normalized spacial score (nSPS) is 11.5. The number of esters is 1. The van der Waals surface area contributed by atoms with E-state index < -0.39 is 12.0 Å². The first-order valence-corrected chi connectivity index (χ1v) is 9.14. The number of aromatic nitrogens is 1. The fourth-order valence-electron chi connectivity index (χ4n) is 3.25. The van der Waals surface area contributed by atoms with Crippen LogP contribution in [0.25, 0.3) is 0 Å². The summed E-state index contributed by atoms with van der Waals surface area (Å²) in [5.41, 5.74) is 2.06. The molecule has 29 heavy (non-hydrogen) atoms. The average Bonchev–Trinajstić information content (AvgIpc) is 3.03. The lowest BCUT2D eigenvalue weighted by Crippen LogP contribution is -2.43. The van der Waals surface area contributed by atoms with Gasteiger partial charge in [0.1, 0.15) is 11.4 Å². The molecule has 1 atom stereocenters. The van der Waals surface area contributed by atoms with Gasteiger partial charge in [0.2, 0.25) is 0 Å². The summed E-state index contributed by atoms with van der Waals surface area (Å²) < 4.78 is 9.94. The first kappa shape index (κ1) is 21.9. The Morgan fingerprint density at radius 2 is 1.93 bits per heavy atom. The number of carbonyl (C=O) groups excluding carboxylic acids is 3. The lowest BCUT2D eigenvalue weighted by atomic mass is 9.99. The van der Waals surface area contributed by atoms with E-state index in [2.05, 4.69) is 11.6 Å². The summed E-state index contributed by atoms with van der Waals surface area (Å²) in [6.45, 7) is 8.94. The Morgan fingerprint density at radius 1 is 1.24 bits per heavy atom.